The van der Waals surface area contributed by atoms with E-state index in [1.807, 2.05) is 4.90 Å². The van der Waals surface area contributed by atoms with Crippen molar-refractivity contribution in [3.8, 4) is 0 Å². The number of hydrogen-bond acceptors (Lipinski definition) is 2. The van der Waals surface area contributed by atoms with Gasteiger partial charge in [0.1, 0.15) is 6.54 Å². The van der Waals surface area contributed by atoms with Gasteiger partial charge < -0.3 is 15.1 Å². The number of rotatable bonds is 3. The minimum absolute atomic E-state index is 0. The standard InChI is InChI=1S/C18H32N4O.HI/c1-2-19-18(20-12-17(23)21-10-6-3-7-11-21)22-13-15-8-4-5-9-16(15)14-22;/h15-16H,2-14H2,1H3,(H,19,20);1H. The molecule has 0 spiro atoms. The van der Waals surface area contributed by atoms with Gasteiger partial charge in [0.15, 0.2) is 5.96 Å². The normalized spacial score (nSPS) is 27.5. The Labute approximate surface area is 163 Å². The summed E-state index contributed by atoms with van der Waals surface area (Å²) in [6, 6.07) is 0. The molecule has 5 nitrogen and oxygen atoms in total. The number of nitrogens with zero attached hydrogens (tertiary/aromatic N) is 3. The molecule has 0 aromatic carbocycles. The third-order valence-electron chi connectivity index (χ3n) is 5.68. The van der Waals surface area contributed by atoms with E-state index in [9.17, 15) is 4.79 Å². The molecule has 0 aromatic rings. The number of nitrogens with one attached hydrogen (secondary N) is 1. The lowest BCUT2D eigenvalue weighted by Crippen LogP contribution is -2.42. The van der Waals surface area contributed by atoms with Gasteiger partial charge in [0.25, 0.3) is 0 Å². The van der Waals surface area contributed by atoms with Gasteiger partial charge in [0, 0.05) is 32.7 Å². The molecule has 6 heteroatoms. The molecule has 3 rings (SSSR count). The summed E-state index contributed by atoms with van der Waals surface area (Å²) in [5, 5.41) is 3.40. The lowest BCUT2D eigenvalue weighted by atomic mass is 9.82. The van der Waals surface area contributed by atoms with Crippen LogP contribution in [0.25, 0.3) is 0 Å². The molecule has 138 valence electrons. The zero-order valence-corrected chi connectivity index (χ0v) is 17.3. The van der Waals surface area contributed by atoms with Crippen molar-refractivity contribution in [1.82, 2.24) is 15.1 Å². The van der Waals surface area contributed by atoms with E-state index in [2.05, 4.69) is 22.1 Å². The van der Waals surface area contributed by atoms with Gasteiger partial charge in [-0.2, -0.15) is 0 Å². The second-order valence-corrected chi connectivity index (χ2v) is 7.32. The molecule has 2 unspecified atom stereocenters. The Kier molecular flexibility index (Phi) is 8.10. The van der Waals surface area contributed by atoms with E-state index in [1.54, 1.807) is 0 Å². The monoisotopic (exact) mass is 448 g/mol. The lowest BCUT2D eigenvalue weighted by molar-refractivity contribution is -0.130. The Morgan fingerprint density at radius 2 is 1.62 bits per heavy atom. The number of amides is 1. The highest BCUT2D eigenvalue weighted by Crippen LogP contribution is 2.35. The van der Waals surface area contributed by atoms with Gasteiger partial charge in [-0.1, -0.05) is 12.8 Å². The molecular formula is C18H33IN4O. The quantitative estimate of drug-likeness (QED) is 0.411. The van der Waals surface area contributed by atoms with Crippen LogP contribution in [0.1, 0.15) is 51.9 Å². The summed E-state index contributed by atoms with van der Waals surface area (Å²) in [4.78, 5) is 21.4. The van der Waals surface area contributed by atoms with E-state index in [-0.39, 0.29) is 29.9 Å². The van der Waals surface area contributed by atoms with Gasteiger partial charge in [-0.3, -0.25) is 4.79 Å². The number of piperidine rings is 1. The average molecular weight is 448 g/mol. The average Bonchev–Trinajstić information content (AvgIpc) is 3.03. The van der Waals surface area contributed by atoms with Gasteiger partial charge >= 0.3 is 0 Å². The summed E-state index contributed by atoms with van der Waals surface area (Å²) in [6.45, 7) is 7.34. The predicted octanol–water partition coefficient (Wildman–Crippen LogP) is 2.70. The third-order valence-corrected chi connectivity index (χ3v) is 5.68. The SMILES string of the molecule is CCNC(=NCC(=O)N1CCCCC1)N1CC2CCCCC2C1.I. The molecule has 2 aliphatic heterocycles. The van der Waals surface area contributed by atoms with E-state index >= 15 is 0 Å². The van der Waals surface area contributed by atoms with Crippen molar-refractivity contribution in [2.75, 3.05) is 39.3 Å². The van der Waals surface area contributed by atoms with Crippen molar-refractivity contribution in [3.05, 3.63) is 0 Å². The minimum Gasteiger partial charge on any atom is -0.357 e. The maximum absolute atomic E-state index is 12.3. The van der Waals surface area contributed by atoms with Crippen LogP contribution in [-0.2, 0) is 4.79 Å². The smallest absolute Gasteiger partial charge is 0.244 e. The third kappa shape index (κ3) is 4.99. The second kappa shape index (κ2) is 9.82. The number of aliphatic imine (C=N–C) groups is 1. The van der Waals surface area contributed by atoms with Crippen molar-refractivity contribution < 1.29 is 4.79 Å². The van der Waals surface area contributed by atoms with Crippen LogP contribution in [0.5, 0.6) is 0 Å². The van der Waals surface area contributed by atoms with Gasteiger partial charge in [0.2, 0.25) is 5.91 Å². The van der Waals surface area contributed by atoms with Crippen molar-refractivity contribution in [1.29, 1.82) is 0 Å². The van der Waals surface area contributed by atoms with E-state index < -0.39 is 0 Å². The first-order valence-electron chi connectivity index (χ1n) is 9.59. The van der Waals surface area contributed by atoms with E-state index in [0.29, 0.717) is 6.54 Å². The molecule has 2 saturated heterocycles. The first-order valence-corrected chi connectivity index (χ1v) is 9.59. The van der Waals surface area contributed by atoms with E-state index in [1.165, 1.54) is 32.1 Å². The number of hydrogen-bond donors (Lipinski definition) is 1. The molecule has 24 heavy (non-hydrogen) atoms. The zero-order valence-electron chi connectivity index (χ0n) is 15.0. The summed E-state index contributed by atoms with van der Waals surface area (Å²) in [5.41, 5.74) is 0. The van der Waals surface area contributed by atoms with Crippen molar-refractivity contribution >= 4 is 35.8 Å². The molecule has 1 amide bonds. The topological polar surface area (TPSA) is 47.9 Å². The van der Waals surface area contributed by atoms with Crippen LogP contribution in [0.2, 0.25) is 0 Å². The Morgan fingerprint density at radius 3 is 2.21 bits per heavy atom. The second-order valence-electron chi connectivity index (χ2n) is 7.32. The summed E-state index contributed by atoms with van der Waals surface area (Å²) < 4.78 is 0. The summed E-state index contributed by atoms with van der Waals surface area (Å²) >= 11 is 0. The van der Waals surface area contributed by atoms with Crippen LogP contribution in [0.4, 0.5) is 0 Å². The number of guanidine groups is 1. The lowest BCUT2D eigenvalue weighted by Gasteiger charge is -2.26. The molecule has 1 N–H and O–H groups in total. The molecule has 3 aliphatic rings. The molecule has 0 bridgehead atoms. The molecule has 0 radical (unpaired) electrons. The Balaban J connectivity index is 0.00000208. The number of carbonyl (C=O) groups excluding carboxylic acids is 1. The van der Waals surface area contributed by atoms with Crippen LogP contribution in [0.3, 0.4) is 0 Å². The first-order chi connectivity index (χ1) is 11.3. The first kappa shape index (κ1) is 19.8. The van der Waals surface area contributed by atoms with Crippen LogP contribution < -0.4 is 5.32 Å². The van der Waals surface area contributed by atoms with Crippen molar-refractivity contribution in [2.45, 2.75) is 51.9 Å². The maximum Gasteiger partial charge on any atom is 0.244 e. The van der Waals surface area contributed by atoms with Crippen molar-refractivity contribution in [2.24, 2.45) is 16.8 Å². The Hall–Kier alpha value is -0.530. The van der Waals surface area contributed by atoms with Crippen LogP contribution in [0, 0.1) is 11.8 Å². The number of likely N-dealkylation sites (tertiary alicyclic amines) is 2. The molecule has 0 aromatic heterocycles. The highest BCUT2D eigenvalue weighted by molar-refractivity contribution is 14.0. The minimum atomic E-state index is 0. The summed E-state index contributed by atoms with van der Waals surface area (Å²) in [7, 11) is 0. The zero-order chi connectivity index (χ0) is 16.1. The van der Waals surface area contributed by atoms with Gasteiger partial charge in [-0.05, 0) is 50.9 Å². The molecule has 1 saturated carbocycles. The summed E-state index contributed by atoms with van der Waals surface area (Å²) in [5.74, 6) is 2.82. The molecular weight excluding hydrogens is 415 g/mol. The van der Waals surface area contributed by atoms with Crippen LogP contribution in [-0.4, -0.2) is 60.9 Å². The fourth-order valence-electron chi connectivity index (χ4n) is 4.39. The van der Waals surface area contributed by atoms with E-state index in [0.717, 1.165) is 63.4 Å². The largest absolute Gasteiger partial charge is 0.357 e. The molecule has 1 aliphatic carbocycles. The fraction of sp³-hybridized carbons (Fsp3) is 0.889. The molecule has 2 atom stereocenters. The van der Waals surface area contributed by atoms with Gasteiger partial charge in [-0.15, -0.1) is 24.0 Å². The molecule has 2 heterocycles. The number of halogens is 1. The van der Waals surface area contributed by atoms with Crippen LogP contribution in [0.15, 0.2) is 4.99 Å². The van der Waals surface area contributed by atoms with E-state index in [4.69, 9.17) is 0 Å². The Bertz CT molecular complexity index is 423. The highest BCUT2D eigenvalue weighted by atomic mass is 127. The fourth-order valence-corrected chi connectivity index (χ4v) is 4.39. The predicted molar refractivity (Wildman–Crippen MR) is 109 cm³/mol. The van der Waals surface area contributed by atoms with Crippen LogP contribution >= 0.6 is 24.0 Å². The number of fused-ring (bicyclic) bond motifs is 1. The Morgan fingerprint density at radius 1 is 1.00 bits per heavy atom. The van der Waals surface area contributed by atoms with Gasteiger partial charge in [-0.25, -0.2) is 4.99 Å². The maximum atomic E-state index is 12.3. The van der Waals surface area contributed by atoms with Crippen molar-refractivity contribution in [3.63, 3.8) is 0 Å². The molecule has 3 fully saturated rings. The highest BCUT2D eigenvalue weighted by Gasteiger charge is 2.35. The summed E-state index contributed by atoms with van der Waals surface area (Å²) in [6.07, 6.45) is 9.05. The van der Waals surface area contributed by atoms with Gasteiger partial charge in [0.05, 0.1) is 0 Å². The number of carbonyl (C=O) groups is 1.